The van der Waals surface area contributed by atoms with Crippen LogP contribution in [0.15, 0.2) is 230 Å². The van der Waals surface area contributed by atoms with Crippen molar-refractivity contribution in [1.82, 2.24) is 4.57 Å². The third-order valence-corrected chi connectivity index (χ3v) is 17.8. The van der Waals surface area contributed by atoms with Crippen molar-refractivity contribution < 1.29 is 28.4 Å². The van der Waals surface area contributed by atoms with Crippen LogP contribution in [-0.2, 0) is 29.8 Å². The molecule has 0 spiro atoms. The maximum atomic E-state index is 6.47. The van der Waals surface area contributed by atoms with E-state index in [2.05, 4.69) is 182 Å². The maximum absolute atomic E-state index is 6.47. The minimum atomic E-state index is -0.352. The van der Waals surface area contributed by atoms with Gasteiger partial charge in [-0.25, -0.2) is 0 Å². The Morgan fingerprint density at radius 1 is 0.393 bits per heavy atom. The Morgan fingerprint density at radius 2 is 0.845 bits per heavy atom. The van der Waals surface area contributed by atoms with Crippen LogP contribution in [0.25, 0.3) is 72.0 Å². The number of aromatic nitrogens is 1. The molecule has 0 amide bonds. The molecule has 0 N–H and O–H groups in total. The molecule has 9 aromatic carbocycles. The van der Waals surface area contributed by atoms with Gasteiger partial charge < -0.3 is 33.0 Å². The first-order chi connectivity index (χ1) is 41.5. The Bertz CT molecular complexity index is 3990. The molecular weight excluding hydrogens is 1030 g/mol. The van der Waals surface area contributed by atoms with Gasteiger partial charge in [0.1, 0.15) is 37.1 Å². The summed E-state index contributed by atoms with van der Waals surface area (Å²) in [4.78, 5) is 0. The average Bonchev–Trinajstić information content (AvgIpc) is 1.89. The van der Waals surface area contributed by atoms with Gasteiger partial charge >= 0.3 is 0 Å². The van der Waals surface area contributed by atoms with Gasteiger partial charge in [-0.1, -0.05) is 152 Å². The van der Waals surface area contributed by atoms with Gasteiger partial charge in [0.25, 0.3) is 0 Å². The molecule has 0 bridgehead atoms. The molecule has 3 aliphatic carbocycles. The Hall–Kier alpha value is -8.46. The maximum Gasteiger partial charge on any atom is 0.119 e. The zero-order valence-corrected chi connectivity index (χ0v) is 48.4. The largest absolute Gasteiger partial charge is 0.492 e. The van der Waals surface area contributed by atoms with Gasteiger partial charge in [0.05, 0.1) is 30.9 Å². The van der Waals surface area contributed by atoms with Crippen LogP contribution in [0.3, 0.4) is 0 Å². The SMILES string of the molecule is CCC1(CCOCCOc2ccccc2)c2ccccc2-c2ccc(-c3ccc4c(c3)c3cc(-c5ccc6c(c5)C(CCOCCOC5=CCCC=C5)(CCOCCOc5ccccc5)c5ccccc5-6)ccc3n4-c3ccc(C)cc3)cc21. The fourth-order valence-electron chi connectivity index (χ4n) is 13.5. The predicted octanol–water partition coefficient (Wildman–Crippen LogP) is 18.0. The number of fused-ring (bicyclic) bond motifs is 9. The second-order valence-corrected chi connectivity index (χ2v) is 22.6. The van der Waals surface area contributed by atoms with Crippen molar-refractivity contribution in [3.05, 3.63) is 258 Å². The monoisotopic (exact) mass is 1110 g/mol. The van der Waals surface area contributed by atoms with Crippen LogP contribution in [0, 0.1) is 6.92 Å². The fourth-order valence-corrected chi connectivity index (χ4v) is 13.5. The normalized spacial score (nSPS) is 16.5. The van der Waals surface area contributed by atoms with Crippen molar-refractivity contribution in [2.75, 3.05) is 59.5 Å². The summed E-state index contributed by atoms with van der Waals surface area (Å²) in [7, 11) is 0. The molecule has 0 radical (unpaired) electrons. The fraction of sp³-hybridized carbons (Fsp3) is 0.247. The van der Waals surface area contributed by atoms with Gasteiger partial charge in [-0.05, 0) is 197 Å². The van der Waals surface area contributed by atoms with Gasteiger partial charge in [-0.3, -0.25) is 0 Å². The van der Waals surface area contributed by atoms with Crippen LogP contribution in [0.1, 0.15) is 73.3 Å². The van der Waals surface area contributed by atoms with E-state index in [0.29, 0.717) is 59.5 Å². The Labute approximate surface area is 494 Å². The van der Waals surface area contributed by atoms with Gasteiger partial charge in [-0.2, -0.15) is 0 Å². The quantitative estimate of drug-likeness (QED) is 0.0532. The van der Waals surface area contributed by atoms with E-state index < -0.39 is 0 Å². The second kappa shape index (κ2) is 24.8. The Morgan fingerprint density at radius 3 is 1.37 bits per heavy atom. The van der Waals surface area contributed by atoms with Crippen LogP contribution in [0.2, 0.25) is 0 Å². The van der Waals surface area contributed by atoms with E-state index in [4.69, 9.17) is 28.4 Å². The molecule has 7 nitrogen and oxygen atoms in total. The Balaban J connectivity index is 0.838. The zero-order valence-electron chi connectivity index (χ0n) is 48.4. The standard InChI is InChI=1S/C77H73NO6/c1-3-76(39-42-79-45-48-82-61-17-7-4-8-18-61)70-25-15-13-23-64(70)66-35-29-58(53-72(66)76)56-31-37-74-68(51-56)69-52-57(32-38-75(69)78(74)60-33-27-55(2)28-34-60)59-30-36-67-65-24-14-16-26-71(65)77(73(67)54-59,40-43-80-46-49-83-62-19-9-5-10-20-62)41-44-81-47-50-84-63-21-11-6-12-22-63/h4-5,7-11,13-38,51-54H,3,6,12,39-50H2,1-2H3. The highest BCUT2D eigenvalue weighted by Gasteiger charge is 2.44. The average molecular weight is 1110 g/mol. The van der Waals surface area contributed by atoms with Gasteiger partial charge in [-0.15, -0.1) is 0 Å². The molecule has 1 aromatic heterocycles. The first-order valence-electron chi connectivity index (χ1n) is 30.2. The van der Waals surface area contributed by atoms with E-state index in [0.717, 1.165) is 61.5 Å². The topological polar surface area (TPSA) is 60.3 Å². The van der Waals surface area contributed by atoms with E-state index in [-0.39, 0.29) is 10.8 Å². The summed E-state index contributed by atoms with van der Waals surface area (Å²) in [6.07, 6.45) is 11.9. The summed E-state index contributed by atoms with van der Waals surface area (Å²) in [5.41, 5.74) is 19.5. The first kappa shape index (κ1) is 54.8. The number of allylic oxidation sites excluding steroid dienone is 3. The summed E-state index contributed by atoms with van der Waals surface area (Å²) in [6.45, 7) is 9.34. The lowest BCUT2D eigenvalue weighted by Crippen LogP contribution is -2.29. The van der Waals surface area contributed by atoms with Crippen LogP contribution < -0.4 is 9.47 Å². The van der Waals surface area contributed by atoms with E-state index in [1.165, 1.54) is 94.1 Å². The van der Waals surface area contributed by atoms with Gasteiger partial charge in [0.2, 0.25) is 0 Å². The minimum absolute atomic E-state index is 0.186. The van der Waals surface area contributed by atoms with Crippen molar-refractivity contribution >= 4 is 21.8 Å². The number of ether oxygens (including phenoxy) is 6. The number of aryl methyl sites for hydroxylation is 1. The van der Waals surface area contributed by atoms with Crippen LogP contribution in [0.5, 0.6) is 11.5 Å². The Kier molecular flexibility index (Phi) is 16.2. The molecule has 1 heterocycles. The summed E-state index contributed by atoms with van der Waals surface area (Å²) in [5.74, 6) is 2.65. The number of hydrogen-bond donors (Lipinski definition) is 0. The number of nitrogens with zero attached hydrogens (tertiary/aromatic N) is 1. The summed E-state index contributed by atoms with van der Waals surface area (Å²) >= 11 is 0. The summed E-state index contributed by atoms with van der Waals surface area (Å²) < 4.78 is 39.8. The molecule has 0 saturated carbocycles. The molecule has 2 atom stereocenters. The van der Waals surface area contributed by atoms with E-state index in [1.807, 2.05) is 60.7 Å². The number of hydrogen-bond acceptors (Lipinski definition) is 6. The molecule has 0 saturated heterocycles. The van der Waals surface area contributed by atoms with Crippen molar-refractivity contribution in [3.8, 4) is 61.7 Å². The van der Waals surface area contributed by atoms with Crippen LogP contribution in [0.4, 0.5) is 0 Å². The third-order valence-electron chi connectivity index (χ3n) is 17.8. The molecule has 13 rings (SSSR count). The van der Waals surface area contributed by atoms with E-state index in [1.54, 1.807) is 0 Å². The van der Waals surface area contributed by atoms with Crippen molar-refractivity contribution in [2.45, 2.75) is 63.2 Å². The number of rotatable bonds is 25. The molecule has 2 unspecified atom stereocenters. The molecule has 7 heteroatoms. The minimum Gasteiger partial charge on any atom is -0.492 e. The number of para-hydroxylation sites is 2. The van der Waals surface area contributed by atoms with E-state index >= 15 is 0 Å². The lowest BCUT2D eigenvalue weighted by atomic mass is 9.72. The smallest absolute Gasteiger partial charge is 0.119 e. The van der Waals surface area contributed by atoms with Crippen molar-refractivity contribution in [2.24, 2.45) is 0 Å². The van der Waals surface area contributed by atoms with Gasteiger partial charge in [0.15, 0.2) is 0 Å². The third kappa shape index (κ3) is 10.9. The first-order valence-corrected chi connectivity index (χ1v) is 30.2. The highest BCUT2D eigenvalue weighted by atomic mass is 16.5. The highest BCUT2D eigenvalue weighted by Crippen LogP contribution is 2.55. The van der Waals surface area contributed by atoms with Crippen LogP contribution in [-0.4, -0.2) is 64.0 Å². The van der Waals surface area contributed by atoms with Crippen molar-refractivity contribution in [3.63, 3.8) is 0 Å². The summed E-state index contributed by atoms with van der Waals surface area (Å²) in [5, 5.41) is 2.43. The molecule has 3 aliphatic rings. The molecule has 10 aromatic rings. The highest BCUT2D eigenvalue weighted by molar-refractivity contribution is 6.12. The predicted molar refractivity (Wildman–Crippen MR) is 342 cm³/mol. The van der Waals surface area contributed by atoms with Crippen molar-refractivity contribution in [1.29, 1.82) is 0 Å². The summed E-state index contributed by atoms with van der Waals surface area (Å²) in [6, 6.07) is 75.3. The van der Waals surface area contributed by atoms with E-state index in [9.17, 15) is 0 Å². The lowest BCUT2D eigenvalue weighted by molar-refractivity contribution is 0.0604. The zero-order chi connectivity index (χ0) is 56.7. The molecule has 84 heavy (non-hydrogen) atoms. The lowest BCUT2D eigenvalue weighted by Gasteiger charge is -2.32. The van der Waals surface area contributed by atoms with Gasteiger partial charge in [0, 0.05) is 47.1 Å². The number of benzene rings is 9. The molecule has 0 aliphatic heterocycles. The second-order valence-electron chi connectivity index (χ2n) is 22.6. The molecular formula is C77H73NO6. The van der Waals surface area contributed by atoms with Crippen LogP contribution >= 0.6 is 0 Å². The molecule has 422 valence electrons. The molecule has 0 fully saturated rings.